The summed E-state index contributed by atoms with van der Waals surface area (Å²) in [6.07, 6.45) is 3.79. The van der Waals surface area contributed by atoms with Gasteiger partial charge in [-0.2, -0.15) is 5.10 Å². The molecule has 0 aliphatic heterocycles. The molecule has 1 heterocycles. The predicted molar refractivity (Wildman–Crippen MR) is 84.3 cm³/mol. The third-order valence-corrected chi connectivity index (χ3v) is 3.30. The van der Waals surface area contributed by atoms with Gasteiger partial charge in [0.15, 0.2) is 0 Å². The van der Waals surface area contributed by atoms with Crippen LogP contribution in [0.5, 0.6) is 0 Å². The predicted octanol–water partition coefficient (Wildman–Crippen LogP) is 1.50. The summed E-state index contributed by atoms with van der Waals surface area (Å²) < 4.78 is 1.85. The van der Waals surface area contributed by atoms with E-state index < -0.39 is 6.10 Å². The molecule has 0 aliphatic rings. The SMILES string of the molecule is CC(O)CCNC(=O)NCc1ccccc1Cn1cccn1. The number of rotatable bonds is 7. The average Bonchev–Trinajstić information content (AvgIpc) is 2.99. The van der Waals surface area contributed by atoms with Crippen molar-refractivity contribution in [3.05, 3.63) is 53.9 Å². The van der Waals surface area contributed by atoms with Crippen molar-refractivity contribution in [3.63, 3.8) is 0 Å². The Balaban J connectivity index is 1.86. The van der Waals surface area contributed by atoms with Crippen LogP contribution in [0.3, 0.4) is 0 Å². The van der Waals surface area contributed by atoms with Crippen LogP contribution in [0.1, 0.15) is 24.5 Å². The molecule has 1 aromatic carbocycles. The first-order valence-corrected chi connectivity index (χ1v) is 7.39. The number of benzene rings is 1. The summed E-state index contributed by atoms with van der Waals surface area (Å²) >= 11 is 0. The standard InChI is InChI=1S/C16H22N4O2/c1-13(21)7-9-17-16(22)18-11-14-5-2-3-6-15(14)12-20-10-4-8-19-20/h2-6,8,10,13,21H,7,9,11-12H2,1H3,(H2,17,18,22). The monoisotopic (exact) mass is 302 g/mol. The summed E-state index contributed by atoms with van der Waals surface area (Å²) in [4.78, 5) is 11.7. The van der Waals surface area contributed by atoms with Gasteiger partial charge in [0.25, 0.3) is 0 Å². The van der Waals surface area contributed by atoms with E-state index in [4.69, 9.17) is 5.11 Å². The summed E-state index contributed by atoms with van der Waals surface area (Å²) in [7, 11) is 0. The second-order valence-electron chi connectivity index (χ2n) is 5.22. The molecule has 2 amide bonds. The van der Waals surface area contributed by atoms with Crippen molar-refractivity contribution >= 4 is 6.03 Å². The van der Waals surface area contributed by atoms with Gasteiger partial charge in [-0.25, -0.2) is 4.79 Å². The van der Waals surface area contributed by atoms with Gasteiger partial charge in [0.2, 0.25) is 0 Å². The van der Waals surface area contributed by atoms with Crippen LogP contribution < -0.4 is 10.6 Å². The van der Waals surface area contributed by atoms with Gasteiger partial charge >= 0.3 is 6.03 Å². The van der Waals surface area contributed by atoms with Gasteiger partial charge in [0.05, 0.1) is 12.6 Å². The molecule has 0 saturated heterocycles. The third kappa shape index (κ3) is 5.21. The van der Waals surface area contributed by atoms with Crippen molar-refractivity contribution in [2.45, 2.75) is 32.5 Å². The Morgan fingerprint density at radius 1 is 1.27 bits per heavy atom. The van der Waals surface area contributed by atoms with Crippen molar-refractivity contribution < 1.29 is 9.90 Å². The highest BCUT2D eigenvalue weighted by atomic mass is 16.3. The number of aliphatic hydroxyl groups is 1. The highest BCUT2D eigenvalue weighted by molar-refractivity contribution is 5.73. The Morgan fingerprint density at radius 2 is 2.05 bits per heavy atom. The smallest absolute Gasteiger partial charge is 0.315 e. The van der Waals surface area contributed by atoms with Crippen molar-refractivity contribution in [3.8, 4) is 0 Å². The molecule has 6 nitrogen and oxygen atoms in total. The summed E-state index contributed by atoms with van der Waals surface area (Å²) in [5.41, 5.74) is 2.18. The quantitative estimate of drug-likeness (QED) is 0.725. The number of nitrogens with one attached hydrogen (secondary N) is 2. The lowest BCUT2D eigenvalue weighted by Crippen LogP contribution is -2.36. The van der Waals surface area contributed by atoms with E-state index in [-0.39, 0.29) is 6.03 Å². The first-order chi connectivity index (χ1) is 10.6. The minimum Gasteiger partial charge on any atom is -0.393 e. The molecule has 0 radical (unpaired) electrons. The number of aromatic nitrogens is 2. The molecule has 0 bridgehead atoms. The molecule has 2 rings (SSSR count). The Bertz CT molecular complexity index is 582. The van der Waals surface area contributed by atoms with Gasteiger partial charge in [0, 0.05) is 25.5 Å². The largest absolute Gasteiger partial charge is 0.393 e. The maximum atomic E-state index is 11.7. The molecule has 0 fully saturated rings. The van der Waals surface area contributed by atoms with E-state index in [1.54, 1.807) is 13.1 Å². The second kappa shape index (κ2) is 8.19. The normalized spacial score (nSPS) is 11.9. The molecule has 3 N–H and O–H groups in total. The number of aliphatic hydroxyl groups excluding tert-OH is 1. The zero-order chi connectivity index (χ0) is 15.8. The lowest BCUT2D eigenvalue weighted by atomic mass is 10.1. The number of carbonyl (C=O) groups is 1. The molecule has 0 aliphatic carbocycles. The van der Waals surface area contributed by atoms with E-state index >= 15 is 0 Å². The summed E-state index contributed by atoms with van der Waals surface area (Å²) in [6, 6.07) is 9.62. The number of hydrogen-bond acceptors (Lipinski definition) is 3. The van der Waals surface area contributed by atoms with Crippen molar-refractivity contribution in [1.82, 2.24) is 20.4 Å². The topological polar surface area (TPSA) is 79.2 Å². The van der Waals surface area contributed by atoms with Gasteiger partial charge < -0.3 is 15.7 Å². The highest BCUT2D eigenvalue weighted by Gasteiger charge is 2.05. The zero-order valence-corrected chi connectivity index (χ0v) is 12.7. The number of nitrogens with zero attached hydrogens (tertiary/aromatic N) is 2. The number of urea groups is 1. The molecule has 118 valence electrons. The van der Waals surface area contributed by atoms with E-state index in [0.717, 1.165) is 11.1 Å². The van der Waals surface area contributed by atoms with Gasteiger partial charge in [-0.15, -0.1) is 0 Å². The van der Waals surface area contributed by atoms with Crippen LogP contribution in [0.15, 0.2) is 42.7 Å². The third-order valence-electron chi connectivity index (χ3n) is 3.30. The Kier molecular flexibility index (Phi) is 5.97. The molecule has 0 spiro atoms. The Labute approximate surface area is 130 Å². The van der Waals surface area contributed by atoms with Crippen LogP contribution in [0.25, 0.3) is 0 Å². The molecular formula is C16H22N4O2. The van der Waals surface area contributed by atoms with E-state index in [1.807, 2.05) is 41.2 Å². The van der Waals surface area contributed by atoms with Crippen molar-refractivity contribution in [2.24, 2.45) is 0 Å². The van der Waals surface area contributed by atoms with Crippen molar-refractivity contribution in [1.29, 1.82) is 0 Å². The fourth-order valence-corrected chi connectivity index (χ4v) is 2.09. The summed E-state index contributed by atoms with van der Waals surface area (Å²) in [5.74, 6) is 0. The first kappa shape index (κ1) is 16.0. The molecule has 2 aromatic rings. The summed E-state index contributed by atoms with van der Waals surface area (Å²) in [6.45, 7) is 3.29. The number of amides is 2. The molecule has 1 atom stereocenters. The summed E-state index contributed by atoms with van der Waals surface area (Å²) in [5, 5.41) is 18.9. The van der Waals surface area contributed by atoms with Gasteiger partial charge in [-0.1, -0.05) is 24.3 Å². The van der Waals surface area contributed by atoms with Gasteiger partial charge in [-0.3, -0.25) is 4.68 Å². The van der Waals surface area contributed by atoms with Crippen LogP contribution in [-0.4, -0.2) is 33.6 Å². The molecule has 0 saturated carbocycles. The highest BCUT2D eigenvalue weighted by Crippen LogP contribution is 2.10. The van der Waals surface area contributed by atoms with E-state index in [0.29, 0.717) is 26.1 Å². The van der Waals surface area contributed by atoms with Crippen LogP contribution in [0, 0.1) is 0 Å². The maximum absolute atomic E-state index is 11.7. The molecule has 22 heavy (non-hydrogen) atoms. The molecular weight excluding hydrogens is 280 g/mol. The molecule has 1 unspecified atom stereocenters. The Hall–Kier alpha value is -2.34. The van der Waals surface area contributed by atoms with E-state index in [2.05, 4.69) is 15.7 Å². The molecule has 6 heteroatoms. The van der Waals surface area contributed by atoms with Crippen LogP contribution in [0.2, 0.25) is 0 Å². The van der Waals surface area contributed by atoms with E-state index in [9.17, 15) is 4.79 Å². The minimum absolute atomic E-state index is 0.227. The lowest BCUT2D eigenvalue weighted by Gasteiger charge is -2.12. The van der Waals surface area contributed by atoms with Crippen LogP contribution in [-0.2, 0) is 13.1 Å². The van der Waals surface area contributed by atoms with E-state index in [1.165, 1.54) is 0 Å². The average molecular weight is 302 g/mol. The van der Waals surface area contributed by atoms with Crippen molar-refractivity contribution in [2.75, 3.05) is 6.54 Å². The fraction of sp³-hybridized carbons (Fsp3) is 0.375. The van der Waals surface area contributed by atoms with Crippen LogP contribution in [0.4, 0.5) is 4.79 Å². The van der Waals surface area contributed by atoms with Crippen LogP contribution >= 0.6 is 0 Å². The van der Waals surface area contributed by atoms with Gasteiger partial charge in [-0.05, 0) is 30.5 Å². The minimum atomic E-state index is -0.407. The lowest BCUT2D eigenvalue weighted by molar-refractivity contribution is 0.183. The molecule has 1 aromatic heterocycles. The Morgan fingerprint density at radius 3 is 2.73 bits per heavy atom. The number of carbonyl (C=O) groups excluding carboxylic acids is 1. The van der Waals surface area contributed by atoms with Gasteiger partial charge in [0.1, 0.15) is 0 Å². The zero-order valence-electron chi connectivity index (χ0n) is 12.7. The fourth-order valence-electron chi connectivity index (χ4n) is 2.09. The maximum Gasteiger partial charge on any atom is 0.315 e. The second-order valence-corrected chi connectivity index (χ2v) is 5.22. The number of hydrogen-bond donors (Lipinski definition) is 3. The first-order valence-electron chi connectivity index (χ1n) is 7.39.